The number of alkyl halides is 4. The molecule has 0 saturated heterocycles. The first-order chi connectivity index (χ1) is 9.90. The van der Waals surface area contributed by atoms with Crippen LogP contribution in [0.3, 0.4) is 0 Å². The van der Waals surface area contributed by atoms with E-state index in [9.17, 15) is 18.0 Å². The van der Waals surface area contributed by atoms with Crippen LogP contribution in [0, 0.1) is 0 Å². The van der Waals surface area contributed by atoms with Crippen molar-refractivity contribution in [3.05, 3.63) is 36.2 Å². The number of amides is 1. The van der Waals surface area contributed by atoms with Crippen LogP contribution in [0.15, 0.2) is 30.6 Å². The molecule has 0 spiro atoms. The summed E-state index contributed by atoms with van der Waals surface area (Å²) in [4.78, 5) is 20.9. The quantitative estimate of drug-likeness (QED) is 0.815. The van der Waals surface area contributed by atoms with Gasteiger partial charge in [0, 0.05) is 30.4 Å². The zero-order valence-corrected chi connectivity index (χ0v) is 11.5. The number of aromatic nitrogens is 2. The van der Waals surface area contributed by atoms with Gasteiger partial charge in [-0.15, -0.1) is 11.6 Å². The van der Waals surface area contributed by atoms with Gasteiger partial charge in [-0.2, -0.15) is 13.2 Å². The molecule has 21 heavy (non-hydrogen) atoms. The Morgan fingerprint density at radius 3 is 2.48 bits per heavy atom. The minimum atomic E-state index is -4.47. The Morgan fingerprint density at radius 2 is 1.86 bits per heavy atom. The molecular weight excluding hydrogens is 307 g/mol. The van der Waals surface area contributed by atoms with Gasteiger partial charge in [0.05, 0.1) is 11.0 Å². The van der Waals surface area contributed by atoms with E-state index in [0.29, 0.717) is 15.9 Å². The highest BCUT2D eigenvalue weighted by Gasteiger charge is 2.33. The zero-order chi connectivity index (χ0) is 15.5. The predicted molar refractivity (Wildman–Crippen MR) is 72.2 cm³/mol. The summed E-state index contributed by atoms with van der Waals surface area (Å²) in [5, 5.41) is 0. The highest BCUT2D eigenvalue weighted by atomic mass is 35.5. The molecule has 4 nitrogen and oxygen atoms in total. The molecule has 1 aromatic heterocycles. The van der Waals surface area contributed by atoms with E-state index in [0.717, 1.165) is 0 Å². The summed E-state index contributed by atoms with van der Waals surface area (Å²) >= 11 is 5.47. The standard InChI is InChI=1S/C13H11ClF3N3O/c14-3-6-20(8-13(15,16)17)12(21)9-1-2-10-11(7-9)19-5-4-18-10/h1-2,4-5,7H,3,6,8H2. The maximum Gasteiger partial charge on any atom is 0.406 e. The van der Waals surface area contributed by atoms with E-state index in [1.54, 1.807) is 6.07 Å². The first-order valence-electron chi connectivity index (χ1n) is 6.03. The number of fused-ring (bicyclic) bond motifs is 1. The summed E-state index contributed by atoms with van der Waals surface area (Å²) in [6.45, 7) is -1.52. The van der Waals surface area contributed by atoms with Crippen LogP contribution in [-0.2, 0) is 0 Å². The number of carbonyl (C=O) groups excluding carboxylic acids is 1. The summed E-state index contributed by atoms with van der Waals surface area (Å²) in [7, 11) is 0. The summed E-state index contributed by atoms with van der Waals surface area (Å²) in [6.07, 6.45) is -1.53. The molecule has 1 aromatic carbocycles. The molecule has 0 fully saturated rings. The third-order valence-corrected chi connectivity index (χ3v) is 2.90. The third-order valence-electron chi connectivity index (χ3n) is 2.73. The van der Waals surface area contributed by atoms with Gasteiger partial charge in [-0.25, -0.2) is 0 Å². The predicted octanol–water partition coefficient (Wildman–Crippen LogP) is 2.87. The van der Waals surface area contributed by atoms with Gasteiger partial charge in [-0.1, -0.05) is 0 Å². The van der Waals surface area contributed by atoms with Crippen molar-refractivity contribution in [3.8, 4) is 0 Å². The van der Waals surface area contributed by atoms with Gasteiger partial charge in [0.15, 0.2) is 0 Å². The second kappa shape index (κ2) is 6.26. The van der Waals surface area contributed by atoms with Crippen LogP contribution in [0.25, 0.3) is 11.0 Å². The third kappa shape index (κ3) is 4.04. The molecule has 0 saturated carbocycles. The molecule has 0 aliphatic carbocycles. The molecule has 0 aliphatic heterocycles. The second-order valence-corrected chi connectivity index (χ2v) is 4.67. The van der Waals surface area contributed by atoms with Gasteiger partial charge >= 0.3 is 6.18 Å². The number of rotatable bonds is 4. The van der Waals surface area contributed by atoms with Crippen LogP contribution in [-0.4, -0.2) is 45.9 Å². The molecule has 2 aromatic rings. The van der Waals surface area contributed by atoms with Crippen LogP contribution >= 0.6 is 11.6 Å². The number of benzene rings is 1. The van der Waals surface area contributed by atoms with Crippen LogP contribution in [0.2, 0.25) is 0 Å². The lowest BCUT2D eigenvalue weighted by atomic mass is 10.1. The van der Waals surface area contributed by atoms with E-state index in [-0.39, 0.29) is 18.0 Å². The summed E-state index contributed by atoms with van der Waals surface area (Å²) in [5.74, 6) is -0.810. The van der Waals surface area contributed by atoms with Crippen LogP contribution < -0.4 is 0 Å². The zero-order valence-electron chi connectivity index (χ0n) is 10.8. The fourth-order valence-electron chi connectivity index (χ4n) is 1.85. The largest absolute Gasteiger partial charge is 0.406 e. The second-order valence-electron chi connectivity index (χ2n) is 4.29. The normalized spacial score (nSPS) is 11.6. The monoisotopic (exact) mass is 317 g/mol. The van der Waals surface area contributed by atoms with Gasteiger partial charge in [0.2, 0.25) is 0 Å². The van der Waals surface area contributed by atoms with Gasteiger partial charge in [0.1, 0.15) is 6.54 Å². The SMILES string of the molecule is O=C(c1ccc2nccnc2c1)N(CCCl)CC(F)(F)F. The molecule has 0 aliphatic rings. The fraction of sp³-hybridized carbons (Fsp3) is 0.308. The molecule has 8 heteroatoms. The Bertz CT molecular complexity index is 648. The Kier molecular flexibility index (Phi) is 4.62. The van der Waals surface area contributed by atoms with Crippen molar-refractivity contribution in [2.75, 3.05) is 19.0 Å². The first-order valence-corrected chi connectivity index (χ1v) is 6.57. The molecule has 0 unspecified atom stereocenters. The van der Waals surface area contributed by atoms with Gasteiger partial charge in [-0.3, -0.25) is 14.8 Å². The highest BCUT2D eigenvalue weighted by molar-refractivity contribution is 6.18. The van der Waals surface area contributed by atoms with Crippen molar-refractivity contribution in [2.45, 2.75) is 6.18 Å². The lowest BCUT2D eigenvalue weighted by Crippen LogP contribution is -2.40. The minimum absolute atomic E-state index is 0.0742. The smallest absolute Gasteiger partial charge is 0.328 e. The van der Waals surface area contributed by atoms with Crippen molar-refractivity contribution in [2.24, 2.45) is 0 Å². The molecule has 1 amide bonds. The molecule has 0 bridgehead atoms. The number of hydrogen-bond acceptors (Lipinski definition) is 3. The van der Waals surface area contributed by atoms with Crippen molar-refractivity contribution in [3.63, 3.8) is 0 Å². The molecule has 112 valence electrons. The van der Waals surface area contributed by atoms with Crippen LogP contribution in [0.4, 0.5) is 13.2 Å². The summed E-state index contributed by atoms with van der Waals surface area (Å²) < 4.78 is 37.5. The molecule has 0 atom stereocenters. The number of hydrogen-bond donors (Lipinski definition) is 0. The Morgan fingerprint density at radius 1 is 1.19 bits per heavy atom. The molecule has 0 N–H and O–H groups in total. The summed E-state index contributed by atoms with van der Waals surface area (Å²) in [6, 6.07) is 4.39. The van der Waals surface area contributed by atoms with E-state index in [4.69, 9.17) is 11.6 Å². The van der Waals surface area contributed by atoms with Gasteiger partial charge in [-0.05, 0) is 18.2 Å². The Labute approximate surface area is 123 Å². The van der Waals surface area contributed by atoms with Crippen molar-refractivity contribution in [1.29, 1.82) is 0 Å². The Hall–Kier alpha value is -1.89. The van der Waals surface area contributed by atoms with E-state index in [1.165, 1.54) is 24.5 Å². The molecule has 1 heterocycles. The van der Waals surface area contributed by atoms with Crippen molar-refractivity contribution in [1.82, 2.24) is 14.9 Å². The number of nitrogens with zero attached hydrogens (tertiary/aromatic N) is 3. The molecular formula is C13H11ClF3N3O. The Balaban J connectivity index is 2.29. The topological polar surface area (TPSA) is 46.1 Å². The lowest BCUT2D eigenvalue weighted by molar-refractivity contribution is -0.140. The van der Waals surface area contributed by atoms with E-state index in [2.05, 4.69) is 9.97 Å². The average Bonchev–Trinajstić information content (AvgIpc) is 2.44. The van der Waals surface area contributed by atoms with Crippen molar-refractivity contribution >= 4 is 28.5 Å². The van der Waals surface area contributed by atoms with Gasteiger partial charge < -0.3 is 4.90 Å². The van der Waals surface area contributed by atoms with E-state index >= 15 is 0 Å². The maximum atomic E-state index is 12.5. The lowest BCUT2D eigenvalue weighted by Gasteiger charge is -2.23. The van der Waals surface area contributed by atoms with Crippen molar-refractivity contribution < 1.29 is 18.0 Å². The van der Waals surface area contributed by atoms with Crippen LogP contribution in [0.5, 0.6) is 0 Å². The number of carbonyl (C=O) groups is 1. The van der Waals surface area contributed by atoms with Crippen LogP contribution in [0.1, 0.15) is 10.4 Å². The average molecular weight is 318 g/mol. The van der Waals surface area contributed by atoms with E-state index in [1.807, 2.05) is 0 Å². The first kappa shape index (κ1) is 15.5. The van der Waals surface area contributed by atoms with E-state index < -0.39 is 18.6 Å². The van der Waals surface area contributed by atoms with Gasteiger partial charge in [0.25, 0.3) is 5.91 Å². The number of halogens is 4. The maximum absolute atomic E-state index is 12.5. The minimum Gasteiger partial charge on any atom is -0.328 e. The molecule has 0 radical (unpaired) electrons. The molecule has 2 rings (SSSR count). The summed E-state index contributed by atoms with van der Waals surface area (Å²) in [5.41, 5.74) is 1.13. The highest BCUT2D eigenvalue weighted by Crippen LogP contribution is 2.19. The fourth-order valence-corrected chi connectivity index (χ4v) is 2.05.